The van der Waals surface area contributed by atoms with Crippen molar-refractivity contribution in [3.63, 3.8) is 0 Å². The van der Waals surface area contributed by atoms with Crippen LogP contribution in [0.4, 0.5) is 4.39 Å². The smallest absolute Gasteiger partial charge is 0.323 e. The first-order chi connectivity index (χ1) is 21.6. The molecule has 1 aliphatic carbocycles. The van der Waals surface area contributed by atoms with Crippen LogP contribution >= 0.6 is 27.5 Å². The summed E-state index contributed by atoms with van der Waals surface area (Å²) in [7, 11) is -5.84. The summed E-state index contributed by atoms with van der Waals surface area (Å²) in [5.74, 6) is 0.139. The topological polar surface area (TPSA) is 158 Å². The van der Waals surface area contributed by atoms with Crippen LogP contribution in [0.3, 0.4) is 0 Å². The first-order valence-corrected chi connectivity index (χ1v) is 18.0. The van der Waals surface area contributed by atoms with Gasteiger partial charge in [0, 0.05) is 34.7 Å². The maximum Gasteiger partial charge on any atom is 0.323 e. The van der Waals surface area contributed by atoms with E-state index in [2.05, 4.69) is 43.0 Å². The maximum atomic E-state index is 13.7. The molecule has 6 rings (SSSR count). The van der Waals surface area contributed by atoms with E-state index in [-0.39, 0.29) is 17.1 Å². The Kier molecular flexibility index (Phi) is 9.47. The van der Waals surface area contributed by atoms with E-state index in [9.17, 15) is 26.3 Å². The minimum Gasteiger partial charge on any atom is -0.383 e. The molecule has 0 saturated heterocycles. The summed E-state index contributed by atoms with van der Waals surface area (Å²) >= 11 is 9.24. The van der Waals surface area contributed by atoms with Crippen LogP contribution in [-0.4, -0.2) is 73.2 Å². The summed E-state index contributed by atoms with van der Waals surface area (Å²) in [6.07, 6.45) is 6.30. The first kappa shape index (κ1) is 34.1. The molecule has 1 aliphatic rings. The molecule has 18 heteroatoms. The molecular weight excluding hydrogens is 727 g/mol. The van der Waals surface area contributed by atoms with Gasteiger partial charge in [0.15, 0.2) is 0 Å². The molecule has 0 amide bonds. The van der Waals surface area contributed by atoms with E-state index in [0.29, 0.717) is 31.4 Å². The Balaban J connectivity index is 0.000000187. The second-order valence-electron chi connectivity index (χ2n) is 11.2. The molecule has 5 aromatic rings. The third kappa shape index (κ3) is 6.48. The molecule has 0 bridgehead atoms. The molecule has 1 N–H and O–H groups in total. The van der Waals surface area contributed by atoms with E-state index >= 15 is 0 Å². The quantitative estimate of drug-likeness (QED) is 0.233. The summed E-state index contributed by atoms with van der Waals surface area (Å²) in [6.45, 7) is 4.04. The third-order valence-electron chi connectivity index (χ3n) is 7.95. The minimum absolute atomic E-state index is 0.0844. The second kappa shape index (κ2) is 12.8. The maximum absolute atomic E-state index is 13.7. The molecule has 2 atom stereocenters. The number of rotatable bonds is 9. The predicted molar refractivity (Wildman–Crippen MR) is 172 cm³/mol. The van der Waals surface area contributed by atoms with Gasteiger partial charge in [0.2, 0.25) is 0 Å². The molecule has 1 fully saturated rings. The molecule has 0 radical (unpaired) electrons. The number of benzene rings is 2. The van der Waals surface area contributed by atoms with Gasteiger partial charge in [0.25, 0.3) is 5.16 Å². The van der Waals surface area contributed by atoms with E-state index in [1.807, 2.05) is 24.3 Å². The Bertz CT molecular complexity index is 2080. The van der Waals surface area contributed by atoms with Crippen molar-refractivity contribution in [2.24, 2.45) is 11.8 Å². The van der Waals surface area contributed by atoms with Crippen molar-refractivity contribution in [2.75, 3.05) is 14.1 Å². The molecule has 46 heavy (non-hydrogen) atoms. The van der Waals surface area contributed by atoms with E-state index < -0.39 is 36.8 Å². The third-order valence-corrected chi connectivity index (χ3v) is 12.4. The van der Waals surface area contributed by atoms with Crippen molar-refractivity contribution >= 4 is 58.7 Å². The second-order valence-corrected chi connectivity index (χ2v) is 16.1. The lowest BCUT2D eigenvalue weighted by Gasteiger charge is -2.35. The lowest BCUT2D eigenvalue weighted by atomic mass is 9.79. The van der Waals surface area contributed by atoms with Crippen LogP contribution in [0.25, 0.3) is 10.9 Å². The normalized spacial score (nSPS) is 15.8. The number of fused-ring (bicyclic) bond motifs is 1. The van der Waals surface area contributed by atoms with Crippen molar-refractivity contribution < 1.29 is 26.3 Å². The summed E-state index contributed by atoms with van der Waals surface area (Å²) in [5.41, 5.74) is 0.301. The van der Waals surface area contributed by atoms with Gasteiger partial charge in [-0.25, -0.2) is 23.0 Å². The summed E-state index contributed by atoms with van der Waals surface area (Å²) in [5, 5.41) is 19.4. The number of halogens is 3. The Morgan fingerprint density at radius 3 is 2.39 bits per heavy atom. The Labute approximate surface area is 279 Å². The molecular formula is C28H31BrClFN8O5S2. The number of aliphatic hydroxyl groups is 1. The van der Waals surface area contributed by atoms with Gasteiger partial charge < -0.3 is 5.11 Å². The predicted octanol–water partition coefficient (Wildman–Crippen LogP) is 4.20. The van der Waals surface area contributed by atoms with Gasteiger partial charge >= 0.3 is 20.2 Å². The summed E-state index contributed by atoms with van der Waals surface area (Å²) < 4.78 is 68.1. The van der Waals surface area contributed by atoms with E-state index in [1.165, 1.54) is 52.3 Å². The van der Waals surface area contributed by atoms with Crippen LogP contribution in [0.2, 0.25) is 5.02 Å². The zero-order valence-electron chi connectivity index (χ0n) is 25.2. The summed E-state index contributed by atoms with van der Waals surface area (Å²) in [4.78, 5) is 7.57. The van der Waals surface area contributed by atoms with Crippen molar-refractivity contribution in [2.45, 2.75) is 44.0 Å². The average Bonchev–Trinajstić information content (AvgIpc) is 3.36. The monoisotopic (exact) mass is 756 g/mol. The Morgan fingerprint density at radius 1 is 1.13 bits per heavy atom. The zero-order valence-corrected chi connectivity index (χ0v) is 29.1. The van der Waals surface area contributed by atoms with Crippen LogP contribution in [0.5, 0.6) is 0 Å². The molecule has 0 spiro atoms. The number of hydrogen-bond acceptors (Lipinski definition) is 9. The molecule has 3 aromatic heterocycles. The van der Waals surface area contributed by atoms with Crippen LogP contribution in [0, 0.1) is 24.6 Å². The molecule has 1 saturated carbocycles. The largest absolute Gasteiger partial charge is 0.383 e. The fraction of sp³-hybridized carbons (Fsp3) is 0.357. The molecule has 0 aliphatic heterocycles. The van der Waals surface area contributed by atoms with Gasteiger partial charge in [0.05, 0.1) is 12.1 Å². The zero-order chi connectivity index (χ0) is 33.6. The number of aromatic nitrogens is 7. The van der Waals surface area contributed by atoms with Crippen molar-refractivity contribution in [1.82, 2.24) is 37.2 Å². The average molecular weight is 758 g/mol. The highest BCUT2D eigenvalue weighted by Gasteiger charge is 2.44. The highest BCUT2D eigenvalue weighted by atomic mass is 79.9. The van der Waals surface area contributed by atoms with E-state index in [1.54, 1.807) is 11.0 Å². The van der Waals surface area contributed by atoms with Crippen molar-refractivity contribution in [3.05, 3.63) is 88.0 Å². The molecule has 3 heterocycles. The standard InChI is InChI=1S/C15H18ClN3O.C13H13BrFN5O4S2/c1-11(12-2-3-12)15(20,8-19-10-17-9-18-19)13-4-6-14(16)7-5-13;1-8-12(14)10-5-4-9(15)6-11(10)20(8)25(21,22)13-16-7-19(17-13)26(23,24)18(2)3/h4-7,9-12,20H,2-3,8H2,1H3;4-7H,1-3H3. The minimum atomic E-state index is -4.36. The van der Waals surface area contributed by atoms with Gasteiger partial charge in [-0.05, 0) is 83.4 Å². The molecule has 2 aromatic carbocycles. The van der Waals surface area contributed by atoms with Gasteiger partial charge in [-0.15, -0.1) is 9.19 Å². The van der Waals surface area contributed by atoms with Crippen LogP contribution < -0.4 is 0 Å². The Morgan fingerprint density at radius 2 is 1.80 bits per heavy atom. The van der Waals surface area contributed by atoms with Gasteiger partial charge in [-0.1, -0.05) is 30.7 Å². The van der Waals surface area contributed by atoms with Gasteiger partial charge in [0.1, 0.15) is 30.4 Å². The highest BCUT2D eigenvalue weighted by Crippen LogP contribution is 2.46. The van der Waals surface area contributed by atoms with Crippen molar-refractivity contribution in [1.29, 1.82) is 0 Å². The van der Waals surface area contributed by atoms with Crippen LogP contribution in [-0.2, 0) is 32.4 Å². The molecule has 13 nitrogen and oxygen atoms in total. The summed E-state index contributed by atoms with van der Waals surface area (Å²) in [6, 6.07) is 11.2. The molecule has 2 unspecified atom stereocenters. The van der Waals surface area contributed by atoms with Gasteiger partial charge in [-0.3, -0.25) is 0 Å². The lowest BCUT2D eigenvalue weighted by molar-refractivity contribution is -0.0442. The Hall–Kier alpha value is -3.22. The highest BCUT2D eigenvalue weighted by molar-refractivity contribution is 9.10. The molecule has 246 valence electrons. The van der Waals surface area contributed by atoms with Crippen LogP contribution in [0.15, 0.2) is 71.1 Å². The fourth-order valence-corrected chi connectivity index (χ4v) is 8.02. The number of nitrogens with zero attached hydrogens (tertiary/aromatic N) is 8. The number of hydrogen-bond donors (Lipinski definition) is 1. The van der Waals surface area contributed by atoms with Crippen LogP contribution in [0.1, 0.15) is 31.0 Å². The SMILES string of the molecule is CC(C1CC1)C(O)(Cn1cncn1)c1ccc(Cl)cc1.Cc1c(Br)c2ccc(F)cc2n1S(=O)(=O)c1ncn(S(=O)(=O)N(C)C)n1. The van der Waals surface area contributed by atoms with Crippen molar-refractivity contribution in [3.8, 4) is 0 Å². The fourth-order valence-electron chi connectivity index (χ4n) is 5.13. The lowest BCUT2D eigenvalue weighted by Crippen LogP contribution is -2.39. The van der Waals surface area contributed by atoms with Gasteiger partial charge in [-0.2, -0.15) is 26.2 Å². The first-order valence-electron chi connectivity index (χ1n) is 13.9. The van der Waals surface area contributed by atoms with E-state index in [4.69, 9.17) is 11.6 Å². The van der Waals surface area contributed by atoms with E-state index in [0.717, 1.165) is 26.2 Å².